The van der Waals surface area contributed by atoms with Crippen molar-refractivity contribution in [2.24, 2.45) is 0 Å². The fourth-order valence-electron chi connectivity index (χ4n) is 2.49. The molecule has 0 saturated heterocycles. The molecular weight excluding hydrogens is 252 g/mol. The Morgan fingerprint density at radius 2 is 2.15 bits per heavy atom. The molecule has 20 heavy (non-hydrogen) atoms. The molecule has 1 fully saturated rings. The highest BCUT2D eigenvalue weighted by Gasteiger charge is 2.32. The van der Waals surface area contributed by atoms with E-state index in [9.17, 15) is 0 Å². The molecule has 1 aromatic rings. The maximum absolute atomic E-state index is 5.25. The van der Waals surface area contributed by atoms with Gasteiger partial charge < -0.3 is 15.0 Å². The average Bonchev–Trinajstić information content (AvgIpc) is 3.24. The maximum Gasteiger partial charge on any atom is 0.137 e. The first-order valence-corrected chi connectivity index (χ1v) is 7.53. The minimum atomic E-state index is 0.393. The Bertz CT molecular complexity index is 432. The lowest BCUT2D eigenvalue weighted by molar-refractivity contribution is 0.204. The van der Waals surface area contributed by atoms with Crippen LogP contribution in [0.25, 0.3) is 0 Å². The molecule has 5 nitrogen and oxygen atoms in total. The van der Waals surface area contributed by atoms with E-state index >= 15 is 0 Å². The highest BCUT2D eigenvalue weighted by Crippen LogP contribution is 2.36. The van der Waals surface area contributed by atoms with Gasteiger partial charge >= 0.3 is 0 Å². The van der Waals surface area contributed by atoms with Crippen molar-refractivity contribution in [3.8, 4) is 0 Å². The Labute approximate surface area is 121 Å². The number of hydrogen-bond acceptors (Lipinski definition) is 5. The van der Waals surface area contributed by atoms with E-state index in [1.54, 1.807) is 13.4 Å². The standard InChI is InChI=1S/C15H26N4O/c1-5-16-14-13(11(2)3)15(18-10-17-14)19(8-9-20-4)12-6-7-12/h10-12H,5-9H2,1-4H3,(H,16,17,18). The van der Waals surface area contributed by atoms with Gasteiger partial charge in [0.25, 0.3) is 0 Å². The molecule has 112 valence electrons. The van der Waals surface area contributed by atoms with Gasteiger partial charge in [0, 0.05) is 31.8 Å². The van der Waals surface area contributed by atoms with Crippen molar-refractivity contribution in [3.05, 3.63) is 11.9 Å². The summed E-state index contributed by atoms with van der Waals surface area (Å²) < 4.78 is 5.25. The first kappa shape index (κ1) is 15.0. The van der Waals surface area contributed by atoms with Crippen molar-refractivity contribution in [1.29, 1.82) is 0 Å². The maximum atomic E-state index is 5.25. The molecule has 0 amide bonds. The molecule has 0 unspecified atom stereocenters. The predicted molar refractivity (Wildman–Crippen MR) is 82.5 cm³/mol. The van der Waals surface area contributed by atoms with Crippen LogP contribution < -0.4 is 10.2 Å². The minimum absolute atomic E-state index is 0.393. The van der Waals surface area contributed by atoms with Gasteiger partial charge in [0.05, 0.1) is 6.61 Å². The molecule has 1 aromatic heterocycles. The molecular formula is C15H26N4O. The van der Waals surface area contributed by atoms with Gasteiger partial charge in [-0.1, -0.05) is 13.8 Å². The summed E-state index contributed by atoms with van der Waals surface area (Å²) in [4.78, 5) is 11.4. The zero-order valence-corrected chi connectivity index (χ0v) is 13.0. The van der Waals surface area contributed by atoms with Gasteiger partial charge in [-0.15, -0.1) is 0 Å². The van der Waals surface area contributed by atoms with Crippen molar-refractivity contribution >= 4 is 11.6 Å². The van der Waals surface area contributed by atoms with Crippen LogP contribution in [0, 0.1) is 0 Å². The average molecular weight is 278 g/mol. The van der Waals surface area contributed by atoms with Gasteiger partial charge in [0.2, 0.25) is 0 Å². The van der Waals surface area contributed by atoms with Crippen molar-refractivity contribution in [1.82, 2.24) is 9.97 Å². The first-order valence-electron chi connectivity index (χ1n) is 7.53. The molecule has 1 N–H and O–H groups in total. The molecule has 1 aliphatic rings. The van der Waals surface area contributed by atoms with Crippen LogP contribution in [0.15, 0.2) is 6.33 Å². The van der Waals surface area contributed by atoms with E-state index in [-0.39, 0.29) is 0 Å². The normalized spacial score (nSPS) is 14.7. The van der Waals surface area contributed by atoms with Crippen LogP contribution in [-0.2, 0) is 4.74 Å². The van der Waals surface area contributed by atoms with Crippen molar-refractivity contribution in [2.75, 3.05) is 37.0 Å². The fourth-order valence-corrected chi connectivity index (χ4v) is 2.49. The minimum Gasteiger partial charge on any atom is -0.383 e. The summed E-state index contributed by atoms with van der Waals surface area (Å²) >= 11 is 0. The molecule has 1 aliphatic carbocycles. The number of methoxy groups -OCH3 is 1. The zero-order valence-electron chi connectivity index (χ0n) is 13.0. The molecule has 0 aromatic carbocycles. The van der Waals surface area contributed by atoms with E-state index in [1.165, 1.54) is 18.4 Å². The Morgan fingerprint density at radius 3 is 2.70 bits per heavy atom. The van der Waals surface area contributed by atoms with E-state index in [0.717, 1.165) is 31.3 Å². The first-order chi connectivity index (χ1) is 9.69. The summed E-state index contributed by atoms with van der Waals surface area (Å²) in [5.74, 6) is 2.44. The molecule has 0 aliphatic heterocycles. The Morgan fingerprint density at radius 1 is 1.40 bits per heavy atom. The third-order valence-electron chi connectivity index (χ3n) is 3.58. The lowest BCUT2D eigenvalue weighted by atomic mass is 10.0. The van der Waals surface area contributed by atoms with Crippen molar-refractivity contribution < 1.29 is 4.74 Å². The topological polar surface area (TPSA) is 50.3 Å². The smallest absolute Gasteiger partial charge is 0.137 e. The lowest BCUT2D eigenvalue weighted by Gasteiger charge is -2.27. The van der Waals surface area contributed by atoms with Gasteiger partial charge in [-0.05, 0) is 25.7 Å². The molecule has 0 atom stereocenters. The number of nitrogens with one attached hydrogen (secondary N) is 1. The van der Waals surface area contributed by atoms with Crippen LogP contribution in [0.1, 0.15) is 45.1 Å². The Kier molecular flexibility index (Phi) is 5.17. The molecule has 5 heteroatoms. The number of hydrogen-bond donors (Lipinski definition) is 1. The van der Waals surface area contributed by atoms with Crippen LogP contribution in [-0.4, -0.2) is 42.8 Å². The Balaban J connectivity index is 2.34. The molecule has 1 saturated carbocycles. The van der Waals surface area contributed by atoms with Crippen molar-refractivity contribution in [2.45, 2.75) is 45.6 Å². The monoisotopic (exact) mass is 278 g/mol. The third kappa shape index (κ3) is 3.39. The summed E-state index contributed by atoms with van der Waals surface area (Å²) in [7, 11) is 1.75. The Hall–Kier alpha value is -1.36. The molecule has 0 radical (unpaired) electrons. The summed E-state index contributed by atoms with van der Waals surface area (Å²) in [6.07, 6.45) is 4.17. The molecule has 0 bridgehead atoms. The van der Waals surface area contributed by atoms with Gasteiger partial charge in [-0.25, -0.2) is 9.97 Å². The summed E-state index contributed by atoms with van der Waals surface area (Å²) in [5, 5.41) is 3.36. The number of ether oxygens (including phenoxy) is 1. The van der Waals surface area contributed by atoms with Gasteiger partial charge in [0.1, 0.15) is 18.0 Å². The second-order valence-corrected chi connectivity index (χ2v) is 5.56. The fraction of sp³-hybridized carbons (Fsp3) is 0.733. The van der Waals surface area contributed by atoms with Crippen LogP contribution in [0.4, 0.5) is 11.6 Å². The van der Waals surface area contributed by atoms with E-state index in [4.69, 9.17) is 4.74 Å². The van der Waals surface area contributed by atoms with E-state index in [2.05, 4.69) is 41.0 Å². The van der Waals surface area contributed by atoms with E-state index in [0.29, 0.717) is 12.0 Å². The van der Waals surface area contributed by atoms with Gasteiger partial charge in [-0.3, -0.25) is 0 Å². The third-order valence-corrected chi connectivity index (χ3v) is 3.58. The number of anilines is 2. The number of nitrogens with zero attached hydrogens (tertiary/aromatic N) is 3. The molecule has 1 heterocycles. The highest BCUT2D eigenvalue weighted by molar-refractivity contribution is 5.61. The van der Waals surface area contributed by atoms with Gasteiger partial charge in [-0.2, -0.15) is 0 Å². The second-order valence-electron chi connectivity index (χ2n) is 5.56. The van der Waals surface area contributed by atoms with E-state index in [1.807, 2.05) is 0 Å². The van der Waals surface area contributed by atoms with Crippen LogP contribution in [0.3, 0.4) is 0 Å². The predicted octanol–water partition coefficient (Wildman–Crippen LogP) is 2.65. The molecule has 0 spiro atoms. The van der Waals surface area contributed by atoms with E-state index < -0.39 is 0 Å². The summed E-state index contributed by atoms with van der Waals surface area (Å²) in [6, 6.07) is 0.618. The van der Waals surface area contributed by atoms with Crippen LogP contribution in [0.2, 0.25) is 0 Å². The van der Waals surface area contributed by atoms with Gasteiger partial charge in [0.15, 0.2) is 0 Å². The summed E-state index contributed by atoms with van der Waals surface area (Å²) in [5.41, 5.74) is 1.22. The summed E-state index contributed by atoms with van der Waals surface area (Å²) in [6.45, 7) is 8.99. The second kappa shape index (κ2) is 6.88. The lowest BCUT2D eigenvalue weighted by Crippen LogP contribution is -2.31. The quantitative estimate of drug-likeness (QED) is 0.792. The van der Waals surface area contributed by atoms with Crippen LogP contribution in [0.5, 0.6) is 0 Å². The largest absolute Gasteiger partial charge is 0.383 e. The van der Waals surface area contributed by atoms with Crippen molar-refractivity contribution in [3.63, 3.8) is 0 Å². The highest BCUT2D eigenvalue weighted by atomic mass is 16.5. The molecule has 2 rings (SSSR count). The number of aromatic nitrogens is 2. The number of rotatable bonds is 8. The van der Waals surface area contributed by atoms with Crippen LogP contribution >= 0.6 is 0 Å². The zero-order chi connectivity index (χ0) is 14.5. The SMILES string of the molecule is CCNc1ncnc(N(CCOC)C2CC2)c1C(C)C.